The van der Waals surface area contributed by atoms with Crippen LogP contribution in [-0.2, 0) is 6.54 Å². The van der Waals surface area contributed by atoms with Crippen molar-refractivity contribution in [1.29, 1.82) is 0 Å². The SMILES string of the molecule is Nc1ccc2c(c1)ncn2-c1cncc(NCc2ccccc2)n1. The molecule has 0 amide bonds. The van der Waals surface area contributed by atoms with Crippen molar-refractivity contribution in [2.75, 3.05) is 11.1 Å². The topological polar surface area (TPSA) is 81.6 Å². The van der Waals surface area contributed by atoms with E-state index in [2.05, 4.69) is 32.4 Å². The van der Waals surface area contributed by atoms with Gasteiger partial charge in [0, 0.05) is 12.2 Å². The van der Waals surface area contributed by atoms with Crippen LogP contribution < -0.4 is 11.1 Å². The lowest BCUT2D eigenvalue weighted by atomic mass is 10.2. The van der Waals surface area contributed by atoms with Crippen molar-refractivity contribution in [3.05, 3.63) is 72.8 Å². The fourth-order valence-corrected chi connectivity index (χ4v) is 2.56. The lowest BCUT2D eigenvalue weighted by Crippen LogP contribution is -2.04. The smallest absolute Gasteiger partial charge is 0.159 e. The van der Waals surface area contributed by atoms with Gasteiger partial charge in [-0.1, -0.05) is 30.3 Å². The first kappa shape index (κ1) is 14.2. The highest BCUT2D eigenvalue weighted by Crippen LogP contribution is 2.19. The highest BCUT2D eigenvalue weighted by molar-refractivity contribution is 5.80. The summed E-state index contributed by atoms with van der Waals surface area (Å²) in [4.78, 5) is 13.3. The van der Waals surface area contributed by atoms with Crippen molar-refractivity contribution in [3.8, 4) is 5.82 Å². The molecule has 24 heavy (non-hydrogen) atoms. The van der Waals surface area contributed by atoms with Crippen LogP contribution in [0, 0.1) is 0 Å². The molecule has 0 unspecified atom stereocenters. The molecule has 6 heteroatoms. The number of nitrogens with one attached hydrogen (secondary N) is 1. The van der Waals surface area contributed by atoms with E-state index in [1.165, 1.54) is 5.56 Å². The maximum absolute atomic E-state index is 5.80. The average Bonchev–Trinajstić information content (AvgIpc) is 3.04. The first-order valence-corrected chi connectivity index (χ1v) is 7.62. The van der Waals surface area contributed by atoms with Crippen molar-refractivity contribution >= 4 is 22.5 Å². The molecule has 0 aliphatic carbocycles. The van der Waals surface area contributed by atoms with E-state index in [1.807, 2.05) is 41.0 Å². The van der Waals surface area contributed by atoms with Crippen LogP contribution in [0.3, 0.4) is 0 Å². The Morgan fingerprint density at radius 2 is 1.92 bits per heavy atom. The molecule has 0 fully saturated rings. The summed E-state index contributed by atoms with van der Waals surface area (Å²) in [7, 11) is 0. The molecule has 0 aliphatic heterocycles. The molecule has 6 nitrogen and oxygen atoms in total. The van der Waals surface area contributed by atoms with E-state index >= 15 is 0 Å². The minimum atomic E-state index is 0.692. The summed E-state index contributed by atoms with van der Waals surface area (Å²) >= 11 is 0. The summed E-state index contributed by atoms with van der Waals surface area (Å²) in [6.07, 6.45) is 5.16. The van der Waals surface area contributed by atoms with Gasteiger partial charge in [0.2, 0.25) is 0 Å². The van der Waals surface area contributed by atoms with Crippen molar-refractivity contribution < 1.29 is 0 Å². The average molecular weight is 316 g/mol. The Labute approximate surface area is 139 Å². The fourth-order valence-electron chi connectivity index (χ4n) is 2.56. The zero-order valence-electron chi connectivity index (χ0n) is 12.9. The lowest BCUT2D eigenvalue weighted by Gasteiger charge is -2.08. The summed E-state index contributed by atoms with van der Waals surface area (Å²) < 4.78 is 1.90. The molecule has 0 atom stereocenters. The van der Waals surface area contributed by atoms with Gasteiger partial charge in [-0.05, 0) is 23.8 Å². The number of hydrogen-bond donors (Lipinski definition) is 2. The highest BCUT2D eigenvalue weighted by Gasteiger charge is 2.07. The fraction of sp³-hybridized carbons (Fsp3) is 0.0556. The van der Waals surface area contributed by atoms with Gasteiger partial charge in [-0.2, -0.15) is 0 Å². The number of nitrogens with two attached hydrogens (primary N) is 1. The van der Waals surface area contributed by atoms with E-state index < -0.39 is 0 Å². The molecule has 0 spiro atoms. The Bertz CT molecular complexity index is 977. The number of nitrogen functional groups attached to an aromatic ring is 1. The van der Waals surface area contributed by atoms with E-state index in [-0.39, 0.29) is 0 Å². The third-order valence-corrected chi connectivity index (χ3v) is 3.76. The first-order chi connectivity index (χ1) is 11.8. The van der Waals surface area contributed by atoms with Gasteiger partial charge in [-0.3, -0.25) is 9.55 Å². The normalized spacial score (nSPS) is 10.8. The molecule has 0 aliphatic rings. The summed E-state index contributed by atoms with van der Waals surface area (Å²) in [5, 5.41) is 3.29. The van der Waals surface area contributed by atoms with Gasteiger partial charge < -0.3 is 11.1 Å². The van der Waals surface area contributed by atoms with Crippen LogP contribution in [0.15, 0.2) is 67.3 Å². The molecule has 0 bridgehead atoms. The van der Waals surface area contributed by atoms with E-state index in [9.17, 15) is 0 Å². The second kappa shape index (κ2) is 6.00. The minimum Gasteiger partial charge on any atom is -0.399 e. The van der Waals surface area contributed by atoms with Gasteiger partial charge in [0.05, 0.1) is 23.4 Å². The van der Waals surface area contributed by atoms with Gasteiger partial charge >= 0.3 is 0 Å². The van der Waals surface area contributed by atoms with Crippen LogP contribution in [-0.4, -0.2) is 19.5 Å². The number of nitrogens with zero attached hydrogens (tertiary/aromatic N) is 4. The van der Waals surface area contributed by atoms with Crippen LogP contribution in [0.25, 0.3) is 16.9 Å². The second-order valence-electron chi connectivity index (χ2n) is 5.46. The zero-order chi connectivity index (χ0) is 16.4. The third-order valence-electron chi connectivity index (χ3n) is 3.76. The van der Waals surface area contributed by atoms with E-state index in [0.29, 0.717) is 23.9 Å². The first-order valence-electron chi connectivity index (χ1n) is 7.62. The predicted molar refractivity (Wildman–Crippen MR) is 94.8 cm³/mol. The maximum Gasteiger partial charge on any atom is 0.159 e. The molecule has 0 saturated carbocycles. The Hall–Kier alpha value is -3.41. The summed E-state index contributed by atoms with van der Waals surface area (Å²) in [6, 6.07) is 15.8. The van der Waals surface area contributed by atoms with Crippen molar-refractivity contribution in [1.82, 2.24) is 19.5 Å². The lowest BCUT2D eigenvalue weighted by molar-refractivity contribution is 0.983. The van der Waals surface area contributed by atoms with Crippen molar-refractivity contribution in [2.24, 2.45) is 0 Å². The molecule has 2 aromatic heterocycles. The Kier molecular flexibility index (Phi) is 3.55. The van der Waals surface area contributed by atoms with Crippen molar-refractivity contribution in [3.63, 3.8) is 0 Å². The van der Waals surface area contributed by atoms with E-state index in [4.69, 9.17) is 5.73 Å². The molecular weight excluding hydrogens is 300 g/mol. The molecule has 2 heterocycles. The standard InChI is InChI=1S/C18H16N6/c19-14-6-7-16-15(8-14)22-12-24(16)18-11-20-10-17(23-18)21-9-13-4-2-1-3-5-13/h1-8,10-12H,9,19H2,(H,21,23). The van der Waals surface area contributed by atoms with Crippen LogP contribution >= 0.6 is 0 Å². The molecule has 0 saturated heterocycles. The Balaban J connectivity index is 1.62. The molecule has 118 valence electrons. The zero-order valence-corrected chi connectivity index (χ0v) is 12.9. The van der Waals surface area contributed by atoms with Crippen LogP contribution in [0.5, 0.6) is 0 Å². The largest absolute Gasteiger partial charge is 0.399 e. The van der Waals surface area contributed by atoms with Gasteiger partial charge in [-0.15, -0.1) is 0 Å². The van der Waals surface area contributed by atoms with E-state index in [0.717, 1.165) is 11.0 Å². The highest BCUT2D eigenvalue weighted by atomic mass is 15.1. The molecule has 3 N–H and O–H groups in total. The summed E-state index contributed by atoms with van der Waals surface area (Å²) in [5.74, 6) is 1.42. The number of hydrogen-bond acceptors (Lipinski definition) is 5. The number of fused-ring (bicyclic) bond motifs is 1. The number of rotatable bonds is 4. The molecule has 4 aromatic rings. The summed E-state index contributed by atoms with van der Waals surface area (Å²) in [6.45, 7) is 0.695. The Morgan fingerprint density at radius 1 is 1.04 bits per heavy atom. The number of benzene rings is 2. The van der Waals surface area contributed by atoms with Gasteiger partial charge in [0.15, 0.2) is 5.82 Å². The molecular formula is C18H16N6. The monoisotopic (exact) mass is 316 g/mol. The van der Waals surface area contributed by atoms with E-state index in [1.54, 1.807) is 18.7 Å². The van der Waals surface area contributed by atoms with Gasteiger partial charge in [0.25, 0.3) is 0 Å². The maximum atomic E-state index is 5.80. The molecule has 2 aromatic carbocycles. The Morgan fingerprint density at radius 3 is 2.79 bits per heavy atom. The van der Waals surface area contributed by atoms with Gasteiger partial charge in [-0.25, -0.2) is 9.97 Å². The van der Waals surface area contributed by atoms with Crippen LogP contribution in [0.1, 0.15) is 5.56 Å². The van der Waals surface area contributed by atoms with Crippen molar-refractivity contribution in [2.45, 2.75) is 6.54 Å². The van der Waals surface area contributed by atoms with Crippen LogP contribution in [0.4, 0.5) is 11.5 Å². The number of imidazole rings is 1. The minimum absolute atomic E-state index is 0.692. The number of aromatic nitrogens is 4. The van der Waals surface area contributed by atoms with Gasteiger partial charge in [0.1, 0.15) is 12.1 Å². The van der Waals surface area contributed by atoms with Crippen LogP contribution in [0.2, 0.25) is 0 Å². The molecule has 0 radical (unpaired) electrons. The number of anilines is 2. The third kappa shape index (κ3) is 2.77. The quantitative estimate of drug-likeness (QED) is 0.566. The summed E-state index contributed by atoms with van der Waals surface area (Å²) in [5.41, 5.74) is 9.46. The predicted octanol–water partition coefficient (Wildman–Crippen LogP) is 3.01. The molecule has 4 rings (SSSR count). The second-order valence-corrected chi connectivity index (χ2v) is 5.46.